The van der Waals surface area contributed by atoms with Crippen molar-refractivity contribution in [1.82, 2.24) is 15.3 Å². The van der Waals surface area contributed by atoms with E-state index in [1.165, 1.54) is 17.0 Å². The first kappa shape index (κ1) is 15.9. The summed E-state index contributed by atoms with van der Waals surface area (Å²) in [5, 5.41) is 2.87. The third-order valence-electron chi connectivity index (χ3n) is 3.69. The maximum Gasteiger partial charge on any atom is 0.433 e. The molecule has 1 aliphatic carbocycles. The minimum absolute atomic E-state index is 0.00116. The number of hydrogen-bond donors (Lipinski definition) is 1. The van der Waals surface area contributed by atoms with E-state index in [2.05, 4.69) is 15.3 Å². The third-order valence-corrected chi connectivity index (χ3v) is 4.59. The molecule has 4 nitrogen and oxygen atoms in total. The molecule has 1 atom stereocenters. The lowest BCUT2D eigenvalue weighted by molar-refractivity contribution is -0.141. The molecule has 2 aromatic rings. The van der Waals surface area contributed by atoms with Gasteiger partial charge in [0.1, 0.15) is 5.69 Å². The first-order valence-electron chi connectivity index (χ1n) is 7.15. The van der Waals surface area contributed by atoms with Crippen LogP contribution in [0.3, 0.4) is 0 Å². The van der Waals surface area contributed by atoms with Gasteiger partial charge in [-0.25, -0.2) is 9.97 Å². The number of thiazole rings is 1. The van der Waals surface area contributed by atoms with Crippen LogP contribution in [-0.4, -0.2) is 21.9 Å². The van der Waals surface area contributed by atoms with E-state index in [1.54, 1.807) is 16.8 Å². The molecular formula is C15H14F3N3OS. The molecule has 0 aromatic carbocycles. The van der Waals surface area contributed by atoms with E-state index < -0.39 is 11.9 Å². The summed E-state index contributed by atoms with van der Waals surface area (Å²) >= 11 is 1.57. The quantitative estimate of drug-likeness (QED) is 0.934. The van der Waals surface area contributed by atoms with Crippen LogP contribution in [0, 0.1) is 0 Å². The van der Waals surface area contributed by atoms with E-state index in [0.717, 1.165) is 31.0 Å². The number of carbonyl (C=O) groups is 1. The third kappa shape index (κ3) is 3.87. The van der Waals surface area contributed by atoms with Gasteiger partial charge in [-0.05, 0) is 25.0 Å². The summed E-state index contributed by atoms with van der Waals surface area (Å²) in [7, 11) is 0. The van der Waals surface area contributed by atoms with Crippen LogP contribution in [0.5, 0.6) is 0 Å². The smallest absolute Gasteiger partial charge is 0.353 e. The fraction of sp³-hybridized carbons (Fsp3) is 0.400. The van der Waals surface area contributed by atoms with E-state index in [-0.39, 0.29) is 24.1 Å². The van der Waals surface area contributed by atoms with Gasteiger partial charge >= 0.3 is 6.18 Å². The molecule has 0 aliphatic heterocycles. The monoisotopic (exact) mass is 341 g/mol. The summed E-state index contributed by atoms with van der Waals surface area (Å²) < 4.78 is 37.9. The number of rotatable bonds is 3. The number of nitrogens with one attached hydrogen (secondary N) is 1. The first-order chi connectivity index (χ1) is 10.9. The second-order valence-electron chi connectivity index (χ2n) is 5.42. The van der Waals surface area contributed by atoms with Crippen LogP contribution >= 0.6 is 11.3 Å². The maximum absolute atomic E-state index is 12.6. The van der Waals surface area contributed by atoms with Crippen molar-refractivity contribution in [3.05, 3.63) is 45.7 Å². The molecule has 1 amide bonds. The van der Waals surface area contributed by atoms with Crippen LogP contribution < -0.4 is 5.32 Å². The van der Waals surface area contributed by atoms with Gasteiger partial charge < -0.3 is 5.32 Å². The largest absolute Gasteiger partial charge is 0.433 e. The summed E-state index contributed by atoms with van der Waals surface area (Å²) in [6.45, 7) is 0. The van der Waals surface area contributed by atoms with Crippen LogP contribution in [0.2, 0.25) is 0 Å². The Kier molecular flexibility index (Phi) is 4.34. The Labute approximate surface area is 134 Å². The van der Waals surface area contributed by atoms with Crippen molar-refractivity contribution in [2.45, 2.75) is 37.9 Å². The summed E-state index contributed by atoms with van der Waals surface area (Å²) in [4.78, 5) is 21.0. The Morgan fingerprint density at radius 3 is 3.00 bits per heavy atom. The number of fused-ring (bicyclic) bond motifs is 1. The number of hydrogen-bond acceptors (Lipinski definition) is 4. The van der Waals surface area contributed by atoms with Crippen LogP contribution in [0.4, 0.5) is 13.2 Å². The molecule has 122 valence electrons. The lowest BCUT2D eigenvalue weighted by Crippen LogP contribution is -2.39. The molecule has 0 bridgehead atoms. The second-order valence-corrected chi connectivity index (χ2v) is 6.36. The molecule has 1 N–H and O–H groups in total. The topological polar surface area (TPSA) is 54.9 Å². The number of halogens is 3. The van der Waals surface area contributed by atoms with Crippen molar-refractivity contribution in [3.63, 3.8) is 0 Å². The number of aryl methyl sites for hydroxylation is 1. The lowest BCUT2D eigenvalue weighted by Gasteiger charge is -2.22. The average molecular weight is 341 g/mol. The minimum atomic E-state index is -4.50. The molecule has 23 heavy (non-hydrogen) atoms. The standard InChI is InChI=1S/C15H14F3N3OS/c16-15(17,18)13-3-1-2-9(20-13)7-14(22)21-10-4-5-11-12(6-10)23-8-19-11/h1-3,8,10H,4-7H2,(H,21,22)/t10-/m0/s1. The highest BCUT2D eigenvalue weighted by atomic mass is 32.1. The van der Waals surface area contributed by atoms with Crippen LogP contribution in [0.15, 0.2) is 23.7 Å². The number of pyridine rings is 1. The molecular weight excluding hydrogens is 327 g/mol. The molecule has 2 heterocycles. The van der Waals surface area contributed by atoms with Gasteiger partial charge in [-0.3, -0.25) is 4.79 Å². The van der Waals surface area contributed by atoms with E-state index in [0.29, 0.717) is 0 Å². The summed E-state index contributed by atoms with van der Waals surface area (Å²) in [5.74, 6) is -0.310. The van der Waals surface area contributed by atoms with E-state index >= 15 is 0 Å². The molecule has 0 radical (unpaired) electrons. The number of alkyl halides is 3. The predicted octanol–water partition coefficient (Wildman–Crippen LogP) is 2.77. The van der Waals surface area contributed by atoms with E-state index in [9.17, 15) is 18.0 Å². The Morgan fingerprint density at radius 2 is 2.22 bits per heavy atom. The highest BCUT2D eigenvalue weighted by Crippen LogP contribution is 2.27. The van der Waals surface area contributed by atoms with Gasteiger partial charge in [-0.15, -0.1) is 11.3 Å². The zero-order valence-corrected chi connectivity index (χ0v) is 12.9. The van der Waals surface area contributed by atoms with E-state index in [1.807, 2.05) is 0 Å². The molecule has 1 aliphatic rings. The van der Waals surface area contributed by atoms with Crippen molar-refractivity contribution < 1.29 is 18.0 Å². The molecule has 0 unspecified atom stereocenters. The van der Waals surface area contributed by atoms with Gasteiger partial charge in [0.15, 0.2) is 0 Å². The summed E-state index contributed by atoms with van der Waals surface area (Å²) in [6.07, 6.45) is -2.33. The summed E-state index contributed by atoms with van der Waals surface area (Å²) in [6, 6.07) is 3.59. The molecule has 0 saturated carbocycles. The fourth-order valence-corrected chi connectivity index (χ4v) is 3.50. The van der Waals surface area contributed by atoms with Crippen molar-refractivity contribution in [2.24, 2.45) is 0 Å². The van der Waals surface area contributed by atoms with Crippen molar-refractivity contribution in [2.75, 3.05) is 0 Å². The molecule has 2 aromatic heterocycles. The zero-order chi connectivity index (χ0) is 16.4. The van der Waals surface area contributed by atoms with Gasteiger partial charge in [0, 0.05) is 17.3 Å². The highest BCUT2D eigenvalue weighted by Gasteiger charge is 2.32. The van der Waals surface area contributed by atoms with E-state index in [4.69, 9.17) is 0 Å². The van der Waals surface area contributed by atoms with Gasteiger partial charge in [0.2, 0.25) is 5.91 Å². The Morgan fingerprint density at radius 1 is 1.39 bits per heavy atom. The Bertz CT molecular complexity index is 714. The SMILES string of the molecule is O=C(Cc1cccc(C(F)(F)F)n1)N[C@H]1CCc2ncsc2C1. The van der Waals surface area contributed by atoms with Crippen molar-refractivity contribution in [3.8, 4) is 0 Å². The maximum atomic E-state index is 12.6. The molecule has 8 heteroatoms. The lowest BCUT2D eigenvalue weighted by atomic mass is 9.97. The highest BCUT2D eigenvalue weighted by molar-refractivity contribution is 7.09. The van der Waals surface area contributed by atoms with Crippen LogP contribution in [0.25, 0.3) is 0 Å². The van der Waals surface area contributed by atoms with Gasteiger partial charge in [-0.2, -0.15) is 13.2 Å². The predicted molar refractivity (Wildman–Crippen MR) is 79.0 cm³/mol. The fourth-order valence-electron chi connectivity index (χ4n) is 2.60. The number of nitrogens with zero attached hydrogens (tertiary/aromatic N) is 2. The van der Waals surface area contributed by atoms with Crippen molar-refractivity contribution in [1.29, 1.82) is 0 Å². The number of carbonyl (C=O) groups excluding carboxylic acids is 1. The minimum Gasteiger partial charge on any atom is -0.353 e. The Hall–Kier alpha value is -1.96. The second kappa shape index (κ2) is 6.27. The van der Waals surface area contributed by atoms with Crippen LogP contribution in [-0.2, 0) is 30.2 Å². The van der Waals surface area contributed by atoms with Crippen molar-refractivity contribution >= 4 is 17.2 Å². The first-order valence-corrected chi connectivity index (χ1v) is 8.03. The van der Waals surface area contributed by atoms with Crippen LogP contribution in [0.1, 0.15) is 28.4 Å². The normalized spacial score (nSPS) is 17.6. The zero-order valence-electron chi connectivity index (χ0n) is 12.1. The van der Waals surface area contributed by atoms with Gasteiger partial charge in [0.25, 0.3) is 0 Å². The molecule has 0 fully saturated rings. The average Bonchev–Trinajstić information content (AvgIpc) is 2.94. The Balaban J connectivity index is 1.60. The number of aromatic nitrogens is 2. The number of amides is 1. The molecule has 3 rings (SSSR count). The molecule has 0 spiro atoms. The van der Waals surface area contributed by atoms with Gasteiger partial charge in [-0.1, -0.05) is 6.07 Å². The summed E-state index contributed by atoms with van der Waals surface area (Å²) in [5.41, 5.74) is 2.02. The van der Waals surface area contributed by atoms with Gasteiger partial charge in [0.05, 0.1) is 23.3 Å². The molecule has 0 saturated heterocycles.